The van der Waals surface area contributed by atoms with Crippen molar-refractivity contribution >= 4 is 23.5 Å². The van der Waals surface area contributed by atoms with Gasteiger partial charge in [-0.3, -0.25) is 9.59 Å². The molecule has 0 heterocycles. The van der Waals surface area contributed by atoms with Crippen molar-refractivity contribution < 1.29 is 19.4 Å². The second kappa shape index (κ2) is 6.24. The molecule has 0 bridgehead atoms. The van der Waals surface area contributed by atoms with Crippen LogP contribution >= 0.6 is 11.6 Å². The minimum atomic E-state index is -0.911. The van der Waals surface area contributed by atoms with Crippen LogP contribution < -0.4 is 5.32 Å². The largest absolute Gasteiger partial charge is 0.481 e. The van der Waals surface area contributed by atoms with Crippen LogP contribution in [0.15, 0.2) is 24.3 Å². The van der Waals surface area contributed by atoms with Gasteiger partial charge in [0.05, 0.1) is 17.9 Å². The molecule has 1 fully saturated rings. The van der Waals surface area contributed by atoms with Crippen molar-refractivity contribution in [1.82, 2.24) is 5.32 Å². The van der Waals surface area contributed by atoms with Gasteiger partial charge in [-0.2, -0.15) is 0 Å². The van der Waals surface area contributed by atoms with E-state index in [1.165, 1.54) is 0 Å². The highest BCUT2D eigenvalue weighted by molar-refractivity contribution is 6.30. The molecule has 0 aromatic heterocycles. The van der Waals surface area contributed by atoms with Crippen molar-refractivity contribution in [2.45, 2.75) is 12.5 Å². The Hall–Kier alpha value is -1.59. The number of carbonyl (C=O) groups is 2. The van der Waals surface area contributed by atoms with E-state index in [2.05, 4.69) is 5.32 Å². The fourth-order valence-corrected chi connectivity index (χ4v) is 2.22. The Morgan fingerprint density at radius 3 is 2.55 bits per heavy atom. The Kier molecular flexibility index (Phi) is 4.62. The van der Waals surface area contributed by atoms with Gasteiger partial charge in [-0.15, -0.1) is 0 Å². The summed E-state index contributed by atoms with van der Waals surface area (Å²) in [4.78, 5) is 22.5. The first-order chi connectivity index (χ1) is 9.52. The lowest BCUT2D eigenvalue weighted by atomic mass is 10.1. The number of halogens is 1. The molecule has 2 N–H and O–H groups in total. The average molecular weight is 298 g/mol. The molecule has 5 nitrogen and oxygen atoms in total. The van der Waals surface area contributed by atoms with Gasteiger partial charge in [0, 0.05) is 18.7 Å². The lowest BCUT2D eigenvalue weighted by Gasteiger charge is -2.16. The summed E-state index contributed by atoms with van der Waals surface area (Å²) in [5.74, 6) is -2.08. The molecule has 0 unspecified atom stereocenters. The number of hydrogen-bond donors (Lipinski definition) is 2. The van der Waals surface area contributed by atoms with E-state index in [4.69, 9.17) is 21.4 Å². The summed E-state index contributed by atoms with van der Waals surface area (Å²) < 4.78 is 5.33. The second-order valence-electron chi connectivity index (χ2n) is 4.81. The molecular weight excluding hydrogens is 282 g/mol. The molecule has 3 atom stereocenters. The third kappa shape index (κ3) is 3.49. The van der Waals surface area contributed by atoms with Crippen LogP contribution in [0, 0.1) is 11.8 Å². The molecule has 0 saturated heterocycles. The summed E-state index contributed by atoms with van der Waals surface area (Å²) in [6.45, 7) is 0.305. The summed E-state index contributed by atoms with van der Waals surface area (Å²) in [5.41, 5.74) is 0.905. The van der Waals surface area contributed by atoms with Crippen LogP contribution in [0.3, 0.4) is 0 Å². The molecule has 20 heavy (non-hydrogen) atoms. The van der Waals surface area contributed by atoms with E-state index in [9.17, 15) is 9.59 Å². The maximum atomic E-state index is 11.8. The minimum Gasteiger partial charge on any atom is -0.481 e. The number of rotatable bonds is 6. The zero-order valence-corrected chi connectivity index (χ0v) is 11.8. The maximum Gasteiger partial charge on any atom is 0.307 e. The predicted octanol–water partition coefficient (Wildman–Crippen LogP) is 1.86. The van der Waals surface area contributed by atoms with Crippen molar-refractivity contribution in [2.75, 3.05) is 13.7 Å². The van der Waals surface area contributed by atoms with Crippen LogP contribution in [0.2, 0.25) is 5.02 Å². The number of aliphatic carboxylic acids is 1. The first kappa shape index (κ1) is 14.8. The van der Waals surface area contributed by atoms with E-state index < -0.39 is 17.8 Å². The molecule has 1 aliphatic carbocycles. The van der Waals surface area contributed by atoms with Crippen molar-refractivity contribution in [3.05, 3.63) is 34.9 Å². The standard InChI is InChI=1S/C14H16ClNO4/c1-20-12(8-2-4-9(15)5-3-8)7-16-13(17)10-6-11(10)14(18)19/h2-5,10-12H,6-7H2,1H3,(H,16,17)(H,18,19)/t10-,11-,12-/m1/s1. The van der Waals surface area contributed by atoms with Crippen molar-refractivity contribution in [2.24, 2.45) is 11.8 Å². The van der Waals surface area contributed by atoms with E-state index in [0.717, 1.165) is 5.56 Å². The van der Waals surface area contributed by atoms with Gasteiger partial charge in [-0.1, -0.05) is 23.7 Å². The van der Waals surface area contributed by atoms with Crippen LogP contribution in [-0.2, 0) is 14.3 Å². The normalized spacial score (nSPS) is 22.1. The average Bonchev–Trinajstić information content (AvgIpc) is 3.21. The Bertz CT molecular complexity index is 502. The van der Waals surface area contributed by atoms with Crippen LogP contribution in [0.1, 0.15) is 18.1 Å². The van der Waals surface area contributed by atoms with E-state index >= 15 is 0 Å². The van der Waals surface area contributed by atoms with Gasteiger partial charge < -0.3 is 15.2 Å². The van der Waals surface area contributed by atoms with Crippen LogP contribution in [0.5, 0.6) is 0 Å². The predicted molar refractivity (Wildman–Crippen MR) is 73.4 cm³/mol. The fourth-order valence-electron chi connectivity index (χ4n) is 2.10. The van der Waals surface area contributed by atoms with Gasteiger partial charge in [-0.25, -0.2) is 0 Å². The number of hydrogen-bond acceptors (Lipinski definition) is 3. The highest BCUT2D eigenvalue weighted by Crippen LogP contribution is 2.38. The monoisotopic (exact) mass is 297 g/mol. The number of nitrogens with one attached hydrogen (secondary N) is 1. The van der Waals surface area contributed by atoms with Gasteiger partial charge >= 0.3 is 5.97 Å². The fraction of sp³-hybridized carbons (Fsp3) is 0.429. The number of benzene rings is 1. The number of carboxylic acids is 1. The van der Waals surface area contributed by atoms with E-state index in [1.54, 1.807) is 19.2 Å². The molecule has 2 rings (SSSR count). The number of methoxy groups -OCH3 is 1. The quantitative estimate of drug-likeness (QED) is 0.840. The number of carboxylic acid groups (broad SMARTS) is 1. The second-order valence-corrected chi connectivity index (χ2v) is 5.24. The van der Waals surface area contributed by atoms with Gasteiger partial charge in [0.2, 0.25) is 5.91 Å². The van der Waals surface area contributed by atoms with Gasteiger partial charge in [0.1, 0.15) is 0 Å². The van der Waals surface area contributed by atoms with E-state index in [1.807, 2.05) is 12.1 Å². The number of ether oxygens (including phenoxy) is 1. The van der Waals surface area contributed by atoms with Gasteiger partial charge in [0.25, 0.3) is 0 Å². The first-order valence-corrected chi connectivity index (χ1v) is 6.69. The Morgan fingerprint density at radius 2 is 2.05 bits per heavy atom. The van der Waals surface area contributed by atoms with Crippen LogP contribution in [0.4, 0.5) is 0 Å². The molecule has 1 saturated carbocycles. The molecule has 0 aliphatic heterocycles. The highest BCUT2D eigenvalue weighted by atomic mass is 35.5. The van der Waals surface area contributed by atoms with Crippen LogP contribution in [-0.4, -0.2) is 30.6 Å². The topological polar surface area (TPSA) is 75.6 Å². The molecule has 0 radical (unpaired) electrons. The molecule has 6 heteroatoms. The molecule has 1 aromatic carbocycles. The Morgan fingerprint density at radius 1 is 1.40 bits per heavy atom. The third-order valence-electron chi connectivity index (χ3n) is 3.43. The molecule has 108 valence electrons. The molecule has 1 aromatic rings. The summed E-state index contributed by atoms with van der Waals surface area (Å²) in [5, 5.41) is 12.2. The molecule has 1 aliphatic rings. The Balaban J connectivity index is 1.87. The van der Waals surface area contributed by atoms with Crippen molar-refractivity contribution in [3.8, 4) is 0 Å². The molecular formula is C14H16ClNO4. The van der Waals surface area contributed by atoms with E-state index in [0.29, 0.717) is 18.0 Å². The number of carbonyl (C=O) groups excluding carboxylic acids is 1. The van der Waals surface area contributed by atoms with E-state index in [-0.39, 0.29) is 12.0 Å². The highest BCUT2D eigenvalue weighted by Gasteiger charge is 2.48. The van der Waals surface area contributed by atoms with Crippen molar-refractivity contribution in [1.29, 1.82) is 0 Å². The zero-order valence-electron chi connectivity index (χ0n) is 11.0. The first-order valence-electron chi connectivity index (χ1n) is 6.31. The molecule has 0 spiro atoms. The molecule has 1 amide bonds. The summed E-state index contributed by atoms with van der Waals surface area (Å²) in [6.07, 6.45) is 0.137. The van der Waals surface area contributed by atoms with Gasteiger partial charge in [-0.05, 0) is 24.1 Å². The third-order valence-corrected chi connectivity index (χ3v) is 3.68. The van der Waals surface area contributed by atoms with Crippen molar-refractivity contribution in [3.63, 3.8) is 0 Å². The lowest BCUT2D eigenvalue weighted by Crippen LogP contribution is -2.31. The van der Waals surface area contributed by atoms with Crippen LogP contribution in [0.25, 0.3) is 0 Å². The van der Waals surface area contributed by atoms with Gasteiger partial charge in [0.15, 0.2) is 0 Å². The lowest BCUT2D eigenvalue weighted by molar-refractivity contribution is -0.140. The zero-order chi connectivity index (χ0) is 14.7. The number of amides is 1. The SMILES string of the molecule is CO[C@H](CNC(=O)[C@@H]1C[C@H]1C(=O)O)c1ccc(Cl)cc1. The summed E-state index contributed by atoms with van der Waals surface area (Å²) >= 11 is 5.82. The smallest absolute Gasteiger partial charge is 0.307 e. The minimum absolute atomic E-state index is 0.228. The maximum absolute atomic E-state index is 11.8. The summed E-state index contributed by atoms with van der Waals surface area (Å²) in [7, 11) is 1.56. The summed E-state index contributed by atoms with van der Waals surface area (Å²) in [6, 6.07) is 7.18. The Labute approximate surface area is 121 Å².